The molecule has 0 fully saturated rings. The van der Waals surface area contributed by atoms with Crippen molar-refractivity contribution in [2.75, 3.05) is 38.7 Å². The number of likely N-dealkylation sites (N-methyl/N-ethyl adjacent to an activating group) is 1. The number of benzene rings is 2. The molecule has 0 aliphatic rings. The lowest BCUT2D eigenvalue weighted by atomic mass is 10.3. The lowest BCUT2D eigenvalue weighted by Gasteiger charge is -2.20. The Hall–Kier alpha value is -2.51. The van der Waals surface area contributed by atoms with Gasteiger partial charge in [-0.25, -0.2) is 9.37 Å². The maximum atomic E-state index is 13.5. The van der Waals surface area contributed by atoms with E-state index in [-0.39, 0.29) is 18.1 Å². The molecular formula is C20H23FN3O2S+. The number of quaternary nitrogens is 1. The highest BCUT2D eigenvalue weighted by molar-refractivity contribution is 7.22. The molecule has 5 nitrogen and oxygen atoms in total. The minimum Gasteiger partial charge on any atom is -0.493 e. The van der Waals surface area contributed by atoms with Crippen LogP contribution in [0.3, 0.4) is 0 Å². The average Bonchev–Trinajstić information content (AvgIpc) is 3.05. The van der Waals surface area contributed by atoms with Gasteiger partial charge >= 0.3 is 0 Å². The quantitative estimate of drug-likeness (QED) is 0.645. The second kappa shape index (κ2) is 8.92. The summed E-state index contributed by atoms with van der Waals surface area (Å²) < 4.78 is 19.8. The highest BCUT2D eigenvalue weighted by Crippen LogP contribution is 2.29. The van der Waals surface area contributed by atoms with Crippen LogP contribution in [0.25, 0.3) is 10.2 Å². The molecule has 0 atom stereocenters. The molecule has 0 aliphatic carbocycles. The topological polar surface area (TPSA) is 46.9 Å². The SMILES string of the molecule is C[NH+](C)CCN(C(=O)CCOc1ccccc1)c1nc2ccc(F)cc2s1. The molecule has 0 bridgehead atoms. The van der Waals surface area contributed by atoms with Gasteiger partial charge in [-0.3, -0.25) is 9.69 Å². The largest absolute Gasteiger partial charge is 0.493 e. The van der Waals surface area contributed by atoms with Crippen LogP contribution < -0.4 is 14.5 Å². The first-order valence-corrected chi connectivity index (χ1v) is 9.68. The summed E-state index contributed by atoms with van der Waals surface area (Å²) in [6, 6.07) is 13.9. The first-order chi connectivity index (χ1) is 13.0. The summed E-state index contributed by atoms with van der Waals surface area (Å²) >= 11 is 1.33. The van der Waals surface area contributed by atoms with Crippen LogP contribution in [0.1, 0.15) is 6.42 Å². The van der Waals surface area contributed by atoms with E-state index in [9.17, 15) is 9.18 Å². The van der Waals surface area contributed by atoms with Gasteiger partial charge in [-0.2, -0.15) is 0 Å². The van der Waals surface area contributed by atoms with E-state index in [0.29, 0.717) is 23.8 Å². The highest BCUT2D eigenvalue weighted by atomic mass is 32.1. The number of aromatic nitrogens is 1. The van der Waals surface area contributed by atoms with E-state index >= 15 is 0 Å². The number of fused-ring (bicyclic) bond motifs is 1. The number of amides is 1. The normalized spacial score (nSPS) is 11.1. The zero-order chi connectivity index (χ0) is 19.2. The first-order valence-electron chi connectivity index (χ1n) is 8.86. The van der Waals surface area contributed by atoms with Crippen LogP contribution in [0.5, 0.6) is 5.75 Å². The van der Waals surface area contributed by atoms with E-state index in [0.717, 1.165) is 17.0 Å². The molecule has 27 heavy (non-hydrogen) atoms. The number of hydrogen-bond acceptors (Lipinski definition) is 4. The Labute approximate surface area is 162 Å². The van der Waals surface area contributed by atoms with Crippen LogP contribution in [-0.4, -0.2) is 44.7 Å². The molecule has 1 N–H and O–H groups in total. The summed E-state index contributed by atoms with van der Waals surface area (Å²) in [6.07, 6.45) is 0.252. The van der Waals surface area contributed by atoms with Gasteiger partial charge in [-0.05, 0) is 30.3 Å². The predicted molar refractivity (Wildman–Crippen MR) is 106 cm³/mol. The minimum absolute atomic E-state index is 0.0493. The third kappa shape index (κ3) is 5.24. The zero-order valence-electron chi connectivity index (χ0n) is 15.4. The van der Waals surface area contributed by atoms with Gasteiger partial charge < -0.3 is 9.64 Å². The Morgan fingerprint density at radius 3 is 2.74 bits per heavy atom. The Bertz CT molecular complexity index is 899. The van der Waals surface area contributed by atoms with Crippen LogP contribution in [0.4, 0.5) is 9.52 Å². The molecule has 1 amide bonds. The van der Waals surface area contributed by atoms with Crippen molar-refractivity contribution >= 4 is 32.6 Å². The van der Waals surface area contributed by atoms with Gasteiger partial charge in [-0.1, -0.05) is 29.5 Å². The van der Waals surface area contributed by atoms with Gasteiger partial charge in [0.25, 0.3) is 0 Å². The number of carbonyl (C=O) groups excluding carboxylic acids is 1. The standard InChI is InChI=1S/C20H22FN3O2S/c1-23(2)11-12-24(19(25)10-13-26-16-6-4-3-5-7-16)20-22-17-9-8-15(21)14-18(17)27-20/h3-9,14H,10-13H2,1-2H3/p+1. The van der Waals surface area contributed by atoms with E-state index < -0.39 is 0 Å². The van der Waals surface area contributed by atoms with Crippen molar-refractivity contribution in [2.24, 2.45) is 0 Å². The fraction of sp³-hybridized carbons (Fsp3) is 0.300. The molecule has 0 saturated carbocycles. The molecule has 1 aromatic heterocycles. The molecule has 0 aliphatic heterocycles. The molecule has 2 aromatic carbocycles. The number of nitrogens with zero attached hydrogens (tertiary/aromatic N) is 2. The van der Waals surface area contributed by atoms with Gasteiger partial charge in [0.2, 0.25) is 5.91 Å². The van der Waals surface area contributed by atoms with Crippen molar-refractivity contribution < 1.29 is 18.8 Å². The van der Waals surface area contributed by atoms with Gasteiger partial charge in [0.1, 0.15) is 11.6 Å². The molecule has 0 saturated heterocycles. The molecule has 0 spiro atoms. The zero-order valence-corrected chi connectivity index (χ0v) is 16.3. The number of anilines is 1. The van der Waals surface area contributed by atoms with E-state index in [1.54, 1.807) is 11.0 Å². The van der Waals surface area contributed by atoms with Crippen LogP contribution in [-0.2, 0) is 4.79 Å². The van der Waals surface area contributed by atoms with Gasteiger partial charge in [0.15, 0.2) is 5.13 Å². The van der Waals surface area contributed by atoms with Gasteiger partial charge in [0.05, 0.1) is 50.4 Å². The average molecular weight is 388 g/mol. The number of halogens is 1. The Kier molecular flexibility index (Phi) is 6.36. The second-order valence-corrected chi connectivity index (χ2v) is 7.53. The van der Waals surface area contributed by atoms with Crippen LogP contribution in [0.2, 0.25) is 0 Å². The van der Waals surface area contributed by atoms with Crippen molar-refractivity contribution in [1.29, 1.82) is 0 Å². The fourth-order valence-corrected chi connectivity index (χ4v) is 3.61. The predicted octanol–water partition coefficient (Wildman–Crippen LogP) is 2.38. The first kappa shape index (κ1) is 19.3. The van der Waals surface area contributed by atoms with Crippen molar-refractivity contribution in [3.63, 3.8) is 0 Å². The number of carbonyl (C=O) groups is 1. The second-order valence-electron chi connectivity index (χ2n) is 6.52. The number of ether oxygens (including phenoxy) is 1. The molecular weight excluding hydrogens is 365 g/mol. The third-order valence-electron chi connectivity index (χ3n) is 4.03. The maximum absolute atomic E-state index is 13.5. The van der Waals surface area contributed by atoms with Gasteiger partial charge in [-0.15, -0.1) is 0 Å². The van der Waals surface area contributed by atoms with E-state index in [4.69, 9.17) is 4.74 Å². The molecule has 3 rings (SSSR count). The monoisotopic (exact) mass is 388 g/mol. The fourth-order valence-electron chi connectivity index (χ4n) is 2.57. The van der Waals surface area contributed by atoms with Crippen molar-refractivity contribution in [2.45, 2.75) is 6.42 Å². The summed E-state index contributed by atoms with van der Waals surface area (Å²) in [5.41, 5.74) is 0.701. The van der Waals surface area contributed by atoms with E-state index in [1.807, 2.05) is 44.4 Å². The summed E-state index contributed by atoms with van der Waals surface area (Å²) in [6.45, 7) is 1.64. The molecule has 1 heterocycles. The van der Waals surface area contributed by atoms with Crippen molar-refractivity contribution in [3.8, 4) is 5.75 Å². The smallest absolute Gasteiger partial charge is 0.232 e. The van der Waals surface area contributed by atoms with E-state index in [2.05, 4.69) is 4.98 Å². The highest BCUT2D eigenvalue weighted by Gasteiger charge is 2.21. The minimum atomic E-state index is -0.301. The van der Waals surface area contributed by atoms with Crippen LogP contribution in [0.15, 0.2) is 48.5 Å². The molecule has 3 aromatic rings. The summed E-state index contributed by atoms with van der Waals surface area (Å²) in [4.78, 5) is 20.3. The Balaban J connectivity index is 1.71. The number of thiazole rings is 1. The summed E-state index contributed by atoms with van der Waals surface area (Å²) in [5.74, 6) is 0.390. The number of rotatable bonds is 8. The lowest BCUT2D eigenvalue weighted by molar-refractivity contribution is -0.856. The Morgan fingerprint density at radius 1 is 1.22 bits per heavy atom. The third-order valence-corrected chi connectivity index (χ3v) is 5.08. The number of hydrogen-bond donors (Lipinski definition) is 1. The maximum Gasteiger partial charge on any atom is 0.232 e. The summed E-state index contributed by atoms with van der Waals surface area (Å²) in [5, 5.41) is 0.599. The van der Waals surface area contributed by atoms with Gasteiger partial charge in [0, 0.05) is 0 Å². The molecule has 0 unspecified atom stereocenters. The van der Waals surface area contributed by atoms with Crippen LogP contribution in [0, 0.1) is 5.82 Å². The molecule has 142 valence electrons. The van der Waals surface area contributed by atoms with Crippen LogP contribution >= 0.6 is 11.3 Å². The van der Waals surface area contributed by atoms with E-state index in [1.165, 1.54) is 28.4 Å². The van der Waals surface area contributed by atoms with Crippen molar-refractivity contribution in [1.82, 2.24) is 4.98 Å². The Morgan fingerprint density at radius 2 is 2.00 bits per heavy atom. The number of nitrogens with one attached hydrogen (secondary N) is 1. The lowest BCUT2D eigenvalue weighted by Crippen LogP contribution is -3.06. The number of para-hydroxylation sites is 1. The molecule has 0 radical (unpaired) electrons. The summed E-state index contributed by atoms with van der Waals surface area (Å²) in [7, 11) is 4.07. The van der Waals surface area contributed by atoms with Crippen molar-refractivity contribution in [3.05, 3.63) is 54.3 Å². The molecule has 7 heteroatoms.